The van der Waals surface area contributed by atoms with Crippen molar-refractivity contribution in [1.82, 2.24) is 6.15 Å². The maximum Gasteiger partial charge on any atom is -0.0473 e. The largest absolute Gasteiger partial charge is 0.344 e. The molecule has 0 saturated carbocycles. The summed E-state index contributed by atoms with van der Waals surface area (Å²) >= 11 is 0. The van der Waals surface area contributed by atoms with Crippen LogP contribution >= 0.6 is 0 Å². The number of hydrogen-bond donors (Lipinski definition) is 1. The average molecular weight is 87.2 g/mol. The lowest BCUT2D eigenvalue weighted by Crippen LogP contribution is -1.07. The summed E-state index contributed by atoms with van der Waals surface area (Å²) in [6, 6.07) is 0. The Bertz CT molecular complexity index is 17.9. The zero-order valence-electron chi connectivity index (χ0n) is 4.41. The lowest BCUT2D eigenvalue weighted by atomic mass is 10.8. The monoisotopic (exact) mass is 87.1 g/mol. The van der Waals surface area contributed by atoms with E-state index in [1.807, 2.05) is 6.92 Å². The van der Waals surface area contributed by atoms with Gasteiger partial charge in [-0.15, -0.1) is 19.7 Å². The van der Waals surface area contributed by atoms with Gasteiger partial charge in [-0.3, -0.25) is 0 Å². The molecule has 3 N–H and O–H groups in total. The Morgan fingerprint density at radius 2 is 1.33 bits per heavy atom. The van der Waals surface area contributed by atoms with Crippen LogP contribution in [0.15, 0.2) is 25.8 Å². The van der Waals surface area contributed by atoms with Gasteiger partial charge >= 0.3 is 0 Å². The van der Waals surface area contributed by atoms with Crippen molar-refractivity contribution in [1.29, 1.82) is 0 Å². The predicted molar refractivity (Wildman–Crippen MR) is 32.1 cm³/mol. The molecule has 0 saturated heterocycles. The number of rotatable bonds is 0. The summed E-state index contributed by atoms with van der Waals surface area (Å²) in [7, 11) is 0. The molecule has 0 aliphatic carbocycles. The van der Waals surface area contributed by atoms with Crippen molar-refractivity contribution in [2.75, 3.05) is 0 Å². The summed E-state index contributed by atoms with van der Waals surface area (Å²) in [5.41, 5.74) is 0. The number of allylic oxidation sites excluding steroid dienone is 1. The molecule has 0 aliphatic rings. The molecule has 0 radical (unpaired) electrons. The summed E-state index contributed by atoms with van der Waals surface area (Å²) in [4.78, 5) is 0. The first kappa shape index (κ1) is 18.0. The molecule has 0 aromatic carbocycles. The highest BCUT2D eigenvalue weighted by Crippen LogP contribution is 1.38. The molecule has 0 aromatic heterocycles. The minimum absolute atomic E-state index is 0. The van der Waals surface area contributed by atoms with Crippen LogP contribution in [-0.2, 0) is 0 Å². The molecule has 0 rings (SSSR count). The van der Waals surface area contributed by atoms with Crippen LogP contribution in [0.4, 0.5) is 0 Å². The Balaban J connectivity index is -0.0000000275. The summed E-state index contributed by atoms with van der Waals surface area (Å²) < 4.78 is 0. The Morgan fingerprint density at radius 1 is 1.33 bits per heavy atom. The van der Waals surface area contributed by atoms with Crippen LogP contribution in [0.5, 0.6) is 0 Å². The van der Waals surface area contributed by atoms with Gasteiger partial charge in [-0.05, 0) is 6.92 Å². The van der Waals surface area contributed by atoms with Gasteiger partial charge in [0.05, 0.1) is 0 Å². The van der Waals surface area contributed by atoms with Crippen LogP contribution in [0.1, 0.15) is 6.92 Å². The summed E-state index contributed by atoms with van der Waals surface area (Å²) in [6.07, 6.45) is 1.75. The second-order valence-corrected chi connectivity index (χ2v) is 0.408. The van der Waals surface area contributed by atoms with Crippen molar-refractivity contribution in [3.63, 3.8) is 0 Å². The molecule has 0 heterocycles. The quantitative estimate of drug-likeness (QED) is 0.451. The molecule has 0 atom stereocenters. The van der Waals surface area contributed by atoms with Gasteiger partial charge in [-0.25, -0.2) is 0 Å². The Hall–Kier alpha value is -0.560. The Kier molecular flexibility index (Phi) is 815. The maximum absolute atomic E-state index is 3.36. The first-order chi connectivity index (χ1) is 2.41. The summed E-state index contributed by atoms with van der Waals surface area (Å²) in [5, 5.41) is 0. The highest BCUT2D eigenvalue weighted by molar-refractivity contribution is 4.51. The van der Waals surface area contributed by atoms with E-state index in [0.717, 1.165) is 0 Å². The third kappa shape index (κ3) is 65.3. The van der Waals surface area contributed by atoms with E-state index in [4.69, 9.17) is 0 Å². The van der Waals surface area contributed by atoms with E-state index in [1.165, 1.54) is 0 Å². The van der Waals surface area contributed by atoms with Gasteiger partial charge in [-0.2, -0.15) is 0 Å². The molecule has 1 heteroatoms. The van der Waals surface area contributed by atoms with Gasteiger partial charge in [0.15, 0.2) is 0 Å². The van der Waals surface area contributed by atoms with Crippen LogP contribution in [-0.4, -0.2) is 0 Å². The van der Waals surface area contributed by atoms with Gasteiger partial charge in [-0.1, -0.05) is 6.08 Å². The van der Waals surface area contributed by atoms with Gasteiger partial charge < -0.3 is 6.15 Å². The molecule has 38 valence electrons. The average Bonchev–Trinajstić information content (AvgIpc) is 1.46. The molecule has 0 aliphatic heterocycles. The van der Waals surface area contributed by atoms with Crippen LogP contribution in [0, 0.1) is 0 Å². The van der Waals surface area contributed by atoms with Gasteiger partial charge in [0, 0.05) is 0 Å². The minimum atomic E-state index is 0. The van der Waals surface area contributed by atoms with E-state index in [-0.39, 0.29) is 6.15 Å². The molecular weight excluding hydrogens is 74.1 g/mol. The smallest absolute Gasteiger partial charge is 0.0473 e. The van der Waals surface area contributed by atoms with Crippen molar-refractivity contribution in [3.05, 3.63) is 25.8 Å². The first-order valence-electron chi connectivity index (χ1n) is 1.49. The second kappa shape index (κ2) is 271. The summed E-state index contributed by atoms with van der Waals surface area (Å²) in [5.74, 6) is 0. The Labute approximate surface area is 40.0 Å². The van der Waals surface area contributed by atoms with E-state index in [0.29, 0.717) is 0 Å². The third-order valence-electron chi connectivity index (χ3n) is 0. The van der Waals surface area contributed by atoms with Gasteiger partial charge in [0.2, 0.25) is 0 Å². The van der Waals surface area contributed by atoms with Gasteiger partial charge in [0.1, 0.15) is 0 Å². The standard InChI is InChI=1S/C3H6.C2H4.H3N/c1-3-2;1-2;/h3H,1H2,2H3;1-2H2;1H3. The fraction of sp³-hybridized carbons (Fsp3) is 0.200. The zero-order valence-corrected chi connectivity index (χ0v) is 4.41. The van der Waals surface area contributed by atoms with E-state index in [2.05, 4.69) is 19.7 Å². The molecule has 6 heavy (non-hydrogen) atoms. The van der Waals surface area contributed by atoms with E-state index >= 15 is 0 Å². The Morgan fingerprint density at radius 3 is 1.33 bits per heavy atom. The second-order valence-electron chi connectivity index (χ2n) is 0.408. The van der Waals surface area contributed by atoms with E-state index in [1.54, 1.807) is 6.08 Å². The maximum atomic E-state index is 3.36. The summed E-state index contributed by atoms with van der Waals surface area (Å²) in [6.45, 7) is 11.2. The van der Waals surface area contributed by atoms with Crippen LogP contribution in [0.25, 0.3) is 0 Å². The highest BCUT2D eigenvalue weighted by Gasteiger charge is 1.15. The SMILES string of the molecule is C=C.C=CC.N. The molecule has 0 aromatic rings. The number of hydrogen-bond acceptors (Lipinski definition) is 1. The lowest BCUT2D eigenvalue weighted by molar-refractivity contribution is 1.80. The first-order valence-corrected chi connectivity index (χ1v) is 1.49. The van der Waals surface area contributed by atoms with Gasteiger partial charge in [0.25, 0.3) is 0 Å². The van der Waals surface area contributed by atoms with Crippen LogP contribution < -0.4 is 6.15 Å². The van der Waals surface area contributed by atoms with Crippen molar-refractivity contribution < 1.29 is 0 Å². The molecule has 0 unspecified atom stereocenters. The van der Waals surface area contributed by atoms with Crippen LogP contribution in [0.3, 0.4) is 0 Å². The topological polar surface area (TPSA) is 35.0 Å². The predicted octanol–water partition coefficient (Wildman–Crippen LogP) is 2.16. The van der Waals surface area contributed by atoms with Crippen molar-refractivity contribution in [2.24, 2.45) is 0 Å². The highest BCUT2D eigenvalue weighted by atomic mass is 14.0. The van der Waals surface area contributed by atoms with Crippen molar-refractivity contribution in [3.8, 4) is 0 Å². The van der Waals surface area contributed by atoms with E-state index < -0.39 is 0 Å². The third-order valence-corrected chi connectivity index (χ3v) is 0. The fourth-order valence-electron chi connectivity index (χ4n) is 0. The zero-order chi connectivity index (χ0) is 4.71. The molecular formula is C5H13N. The fourth-order valence-corrected chi connectivity index (χ4v) is 0. The normalized spacial score (nSPS) is 2.83. The van der Waals surface area contributed by atoms with E-state index in [9.17, 15) is 0 Å². The van der Waals surface area contributed by atoms with Crippen molar-refractivity contribution >= 4 is 0 Å². The minimum Gasteiger partial charge on any atom is -0.344 e. The van der Waals surface area contributed by atoms with Crippen molar-refractivity contribution in [2.45, 2.75) is 6.92 Å². The molecule has 0 amide bonds. The molecule has 0 fully saturated rings. The molecule has 0 bridgehead atoms. The lowest BCUT2D eigenvalue weighted by Gasteiger charge is -1.31. The van der Waals surface area contributed by atoms with Crippen LogP contribution in [0.2, 0.25) is 0 Å². The molecule has 0 spiro atoms. The molecule has 1 nitrogen and oxygen atoms in total.